The molecule has 0 saturated heterocycles. The van der Waals surface area contributed by atoms with E-state index in [1.807, 2.05) is 0 Å². The highest BCUT2D eigenvalue weighted by molar-refractivity contribution is 6.17. The van der Waals surface area contributed by atoms with Crippen LogP contribution in [0.5, 0.6) is 0 Å². The van der Waals surface area contributed by atoms with E-state index in [1.54, 1.807) is 0 Å². The maximum Gasteiger partial charge on any atom is 0.135 e. The van der Waals surface area contributed by atoms with Crippen molar-refractivity contribution in [2.45, 2.75) is 38.1 Å². The number of aromatic nitrogens is 1. The molecular weight excluding hydrogens is 743 g/mol. The fourth-order valence-corrected chi connectivity index (χ4v) is 10.2. The van der Waals surface area contributed by atoms with Crippen LogP contribution in [0.1, 0.15) is 60.5 Å². The number of amidine groups is 1. The molecule has 8 aromatic carbocycles. The average Bonchev–Trinajstić information content (AvgIpc) is 3.92. The van der Waals surface area contributed by atoms with Crippen LogP contribution in [0.15, 0.2) is 197 Å². The molecule has 292 valence electrons. The van der Waals surface area contributed by atoms with Gasteiger partial charge in [0.05, 0.1) is 17.1 Å². The van der Waals surface area contributed by atoms with Crippen LogP contribution >= 0.6 is 0 Å². The number of fused-ring (bicyclic) bond motifs is 10. The zero-order valence-electron chi connectivity index (χ0n) is 34.2. The van der Waals surface area contributed by atoms with Crippen LogP contribution in [0, 0.1) is 0 Å². The summed E-state index contributed by atoms with van der Waals surface area (Å²) in [6, 6.07) is 65.6. The zero-order valence-corrected chi connectivity index (χ0v) is 34.2. The van der Waals surface area contributed by atoms with Crippen molar-refractivity contribution in [1.82, 2.24) is 9.88 Å². The Morgan fingerprint density at radius 2 is 1.30 bits per heavy atom. The summed E-state index contributed by atoms with van der Waals surface area (Å²) < 4.78 is 9.09. The molecule has 61 heavy (non-hydrogen) atoms. The number of hydrogen-bond acceptors (Lipinski definition) is 3. The van der Waals surface area contributed by atoms with E-state index in [1.165, 1.54) is 60.9 Å². The van der Waals surface area contributed by atoms with Gasteiger partial charge in [0.15, 0.2) is 0 Å². The van der Waals surface area contributed by atoms with Gasteiger partial charge in [0.25, 0.3) is 0 Å². The lowest BCUT2D eigenvalue weighted by molar-refractivity contribution is 0.655. The molecule has 4 heteroatoms. The van der Waals surface area contributed by atoms with E-state index in [9.17, 15) is 0 Å². The molecule has 4 nitrogen and oxygen atoms in total. The molecule has 0 bridgehead atoms. The Morgan fingerprint density at radius 1 is 0.590 bits per heavy atom. The smallest absolute Gasteiger partial charge is 0.135 e. The lowest BCUT2D eigenvalue weighted by Gasteiger charge is -2.22. The predicted molar refractivity (Wildman–Crippen MR) is 254 cm³/mol. The Hall–Kier alpha value is -7.43. The molecule has 0 saturated carbocycles. The van der Waals surface area contributed by atoms with Gasteiger partial charge in [-0.25, -0.2) is 0 Å². The van der Waals surface area contributed by atoms with Crippen LogP contribution in [-0.4, -0.2) is 10.4 Å². The molecule has 0 amide bonds. The quantitative estimate of drug-likeness (QED) is 0.189. The van der Waals surface area contributed by atoms with Gasteiger partial charge in [-0.05, 0) is 94.3 Å². The largest absolute Gasteiger partial charge is 0.456 e. The molecule has 3 heterocycles. The summed E-state index contributed by atoms with van der Waals surface area (Å²) in [5.74, 6) is 0.867. The monoisotopic (exact) mass is 785 g/mol. The molecule has 0 radical (unpaired) electrons. The standard InChI is InChI=1S/C57H43N3O/c1-57(2)46-24-13-12-22-42(46)54-47(57)31-30-41-44-34-38(28-32-50(44)60(55(41)54)40-20-10-5-11-21-40)39-29-33-51-45(35-39)53-43(23-14-27-52(53)61-51)49-26-15-25-48(36-16-6-3-7-17-36)58-56(59-49)37-18-8-4-9-19-37/h3-14,16-25,27-35,49H,15,26H2,1-2H3,(H,58,59)/b48-25-. The highest BCUT2D eigenvalue weighted by atomic mass is 16.3. The van der Waals surface area contributed by atoms with Crippen molar-refractivity contribution in [3.05, 3.63) is 216 Å². The zero-order chi connectivity index (χ0) is 40.7. The van der Waals surface area contributed by atoms with E-state index in [4.69, 9.17) is 9.41 Å². The summed E-state index contributed by atoms with van der Waals surface area (Å²) in [7, 11) is 0. The second-order valence-corrected chi connectivity index (χ2v) is 17.0. The van der Waals surface area contributed by atoms with E-state index < -0.39 is 0 Å². The highest BCUT2D eigenvalue weighted by Gasteiger charge is 2.37. The number of benzene rings is 8. The predicted octanol–water partition coefficient (Wildman–Crippen LogP) is 14.6. The van der Waals surface area contributed by atoms with Gasteiger partial charge < -0.3 is 14.3 Å². The van der Waals surface area contributed by atoms with Crippen LogP contribution in [-0.2, 0) is 5.41 Å². The summed E-state index contributed by atoms with van der Waals surface area (Å²) in [6.45, 7) is 4.72. The molecule has 1 aliphatic carbocycles. The average molecular weight is 786 g/mol. The van der Waals surface area contributed by atoms with Crippen molar-refractivity contribution in [1.29, 1.82) is 0 Å². The number of para-hydroxylation sites is 1. The summed E-state index contributed by atoms with van der Waals surface area (Å²) >= 11 is 0. The third kappa shape index (κ3) is 5.63. The first kappa shape index (κ1) is 35.5. The highest BCUT2D eigenvalue weighted by Crippen LogP contribution is 2.53. The Morgan fingerprint density at radius 3 is 2.10 bits per heavy atom. The maximum absolute atomic E-state index is 6.61. The Bertz CT molecular complexity index is 3410. The van der Waals surface area contributed by atoms with Gasteiger partial charge in [0.1, 0.15) is 17.0 Å². The Balaban J connectivity index is 1.01. The molecule has 10 aromatic rings. The second kappa shape index (κ2) is 13.8. The van der Waals surface area contributed by atoms with Crippen molar-refractivity contribution in [3.63, 3.8) is 0 Å². The van der Waals surface area contributed by atoms with Crippen molar-refractivity contribution in [2.75, 3.05) is 0 Å². The molecule has 0 fully saturated rings. The van der Waals surface area contributed by atoms with Crippen LogP contribution in [0.25, 0.3) is 77.4 Å². The lowest BCUT2D eigenvalue weighted by Crippen LogP contribution is -2.25. The van der Waals surface area contributed by atoms with Crippen LogP contribution in [0.2, 0.25) is 0 Å². The Labute approximate surface area is 355 Å². The molecule has 1 aliphatic heterocycles. The summed E-state index contributed by atoms with van der Waals surface area (Å²) in [5.41, 5.74) is 17.5. The lowest BCUT2D eigenvalue weighted by atomic mass is 9.82. The third-order valence-corrected chi connectivity index (χ3v) is 13.2. The van der Waals surface area contributed by atoms with Gasteiger partial charge in [-0.3, -0.25) is 4.99 Å². The van der Waals surface area contributed by atoms with Crippen LogP contribution < -0.4 is 5.32 Å². The van der Waals surface area contributed by atoms with E-state index in [-0.39, 0.29) is 11.5 Å². The van der Waals surface area contributed by atoms with Gasteiger partial charge in [-0.1, -0.05) is 159 Å². The molecular formula is C57H43N3O. The van der Waals surface area contributed by atoms with Crippen molar-refractivity contribution >= 4 is 55.3 Å². The number of furan rings is 1. The first-order valence-electron chi connectivity index (χ1n) is 21.4. The van der Waals surface area contributed by atoms with Crippen LogP contribution in [0.4, 0.5) is 0 Å². The number of rotatable bonds is 5. The van der Waals surface area contributed by atoms with Gasteiger partial charge >= 0.3 is 0 Å². The van der Waals surface area contributed by atoms with E-state index in [2.05, 4.69) is 212 Å². The van der Waals surface area contributed by atoms with Gasteiger partial charge in [-0.15, -0.1) is 0 Å². The molecule has 1 unspecified atom stereocenters. The second-order valence-electron chi connectivity index (χ2n) is 17.0. The molecule has 12 rings (SSSR count). The minimum absolute atomic E-state index is 0.0817. The molecule has 2 aromatic heterocycles. The first-order chi connectivity index (χ1) is 30.0. The van der Waals surface area contributed by atoms with E-state index in [0.717, 1.165) is 63.0 Å². The number of aliphatic imine (C=N–C) groups is 1. The molecule has 2 aliphatic rings. The van der Waals surface area contributed by atoms with E-state index >= 15 is 0 Å². The van der Waals surface area contributed by atoms with Crippen molar-refractivity contribution < 1.29 is 4.42 Å². The number of nitrogens with one attached hydrogen (secondary N) is 1. The molecule has 1 atom stereocenters. The van der Waals surface area contributed by atoms with Gasteiger partial charge in [0, 0.05) is 49.5 Å². The van der Waals surface area contributed by atoms with Crippen molar-refractivity contribution in [3.8, 4) is 27.9 Å². The molecule has 1 N–H and O–H groups in total. The number of nitrogens with zero attached hydrogens (tertiary/aromatic N) is 2. The van der Waals surface area contributed by atoms with E-state index in [0.29, 0.717) is 0 Å². The SMILES string of the molecule is CC1(C)c2ccccc2-c2c1ccc1c3cc(-c4ccc5oc6cccc(C7CC/C=C(/c8ccccc8)NC(c8ccccc8)=N7)c6c5c4)ccc3n(-c3ccccc3)c21. The fourth-order valence-electron chi connectivity index (χ4n) is 10.2. The molecule has 0 spiro atoms. The minimum Gasteiger partial charge on any atom is -0.456 e. The maximum atomic E-state index is 6.61. The Kier molecular flexibility index (Phi) is 8.05. The normalized spacial score (nSPS) is 16.7. The third-order valence-electron chi connectivity index (χ3n) is 13.2. The topological polar surface area (TPSA) is 42.5 Å². The summed E-state index contributed by atoms with van der Waals surface area (Å²) in [5, 5.41) is 8.49. The first-order valence-corrected chi connectivity index (χ1v) is 21.4. The van der Waals surface area contributed by atoms with Gasteiger partial charge in [-0.2, -0.15) is 0 Å². The van der Waals surface area contributed by atoms with Crippen molar-refractivity contribution in [2.24, 2.45) is 4.99 Å². The fraction of sp³-hybridized carbons (Fsp3) is 0.105. The minimum atomic E-state index is -0.0897. The summed E-state index contributed by atoms with van der Waals surface area (Å²) in [6.07, 6.45) is 4.07. The van der Waals surface area contributed by atoms with Gasteiger partial charge in [0.2, 0.25) is 0 Å². The number of allylic oxidation sites excluding steroid dienone is 1. The summed E-state index contributed by atoms with van der Waals surface area (Å²) in [4.78, 5) is 5.53. The van der Waals surface area contributed by atoms with Crippen LogP contribution in [0.3, 0.4) is 0 Å². The number of hydrogen-bond donors (Lipinski definition) is 1.